The van der Waals surface area contributed by atoms with Gasteiger partial charge in [-0.15, -0.1) is 11.3 Å². The second-order valence-corrected chi connectivity index (χ2v) is 7.12. The van der Waals surface area contributed by atoms with Gasteiger partial charge in [-0.05, 0) is 50.1 Å². The molecule has 0 radical (unpaired) electrons. The van der Waals surface area contributed by atoms with Crippen LogP contribution in [0.4, 0.5) is 0 Å². The third-order valence-corrected chi connectivity index (χ3v) is 4.99. The second kappa shape index (κ2) is 6.26. The molecular weight excluding hydrogens is 330 g/mol. The second-order valence-electron chi connectivity index (χ2n) is 6.05. The van der Waals surface area contributed by atoms with Gasteiger partial charge >= 0.3 is 0 Å². The molecule has 4 aromatic rings. The van der Waals surface area contributed by atoms with Crippen LogP contribution in [0.3, 0.4) is 0 Å². The molecule has 4 nitrogen and oxygen atoms in total. The molecule has 25 heavy (non-hydrogen) atoms. The minimum atomic E-state index is 0.535. The normalized spacial score (nSPS) is 11.0. The molecular formula is C20H17N3OS. The van der Waals surface area contributed by atoms with Crippen molar-refractivity contribution in [3.63, 3.8) is 0 Å². The topological polar surface area (TPSA) is 51.8 Å². The molecule has 0 spiro atoms. The molecule has 0 unspecified atom stereocenters. The zero-order valence-electron chi connectivity index (χ0n) is 14.3. The number of thiazole rings is 1. The van der Waals surface area contributed by atoms with Crippen molar-refractivity contribution in [1.82, 2.24) is 15.1 Å². The number of aryl methyl sites for hydroxylation is 3. The summed E-state index contributed by atoms with van der Waals surface area (Å²) in [6, 6.07) is 14.2. The molecule has 0 fully saturated rings. The van der Waals surface area contributed by atoms with Crippen molar-refractivity contribution in [2.45, 2.75) is 20.8 Å². The van der Waals surface area contributed by atoms with Crippen molar-refractivity contribution in [1.29, 1.82) is 0 Å². The predicted molar refractivity (Wildman–Crippen MR) is 100 cm³/mol. The van der Waals surface area contributed by atoms with Crippen LogP contribution >= 0.6 is 11.3 Å². The van der Waals surface area contributed by atoms with E-state index in [1.165, 1.54) is 11.1 Å². The average molecular weight is 347 g/mol. The van der Waals surface area contributed by atoms with Gasteiger partial charge in [0.2, 0.25) is 5.82 Å². The SMILES string of the molecule is Cc1nc(-c2cccc(-c3noc(-c4ccc(C)c(C)c4)n3)c2)cs1. The molecule has 2 aromatic heterocycles. The summed E-state index contributed by atoms with van der Waals surface area (Å²) >= 11 is 1.64. The molecule has 0 aliphatic rings. The van der Waals surface area contributed by atoms with Gasteiger partial charge in [0, 0.05) is 22.1 Å². The Balaban J connectivity index is 1.69. The Morgan fingerprint density at radius 3 is 2.44 bits per heavy atom. The van der Waals surface area contributed by atoms with E-state index in [0.717, 1.165) is 27.4 Å². The summed E-state index contributed by atoms with van der Waals surface area (Å²) in [6.07, 6.45) is 0. The van der Waals surface area contributed by atoms with Gasteiger partial charge < -0.3 is 4.52 Å². The first-order valence-corrected chi connectivity index (χ1v) is 8.92. The van der Waals surface area contributed by atoms with E-state index in [9.17, 15) is 0 Å². The smallest absolute Gasteiger partial charge is 0.258 e. The highest BCUT2D eigenvalue weighted by molar-refractivity contribution is 7.09. The predicted octanol–water partition coefficient (Wildman–Crippen LogP) is 5.45. The standard InChI is InChI=1S/C20H17N3OS/c1-12-7-8-17(9-13(12)2)20-22-19(23-24-20)16-6-4-5-15(10-16)18-11-25-14(3)21-18/h4-11H,1-3H3. The highest BCUT2D eigenvalue weighted by Gasteiger charge is 2.12. The molecule has 0 saturated carbocycles. The molecule has 2 heterocycles. The third kappa shape index (κ3) is 3.10. The Hall–Kier alpha value is -2.79. The number of hydrogen-bond acceptors (Lipinski definition) is 5. The van der Waals surface area contributed by atoms with Crippen LogP contribution in [0.2, 0.25) is 0 Å². The first-order chi connectivity index (χ1) is 12.1. The minimum Gasteiger partial charge on any atom is -0.334 e. The first kappa shape index (κ1) is 15.7. The monoisotopic (exact) mass is 347 g/mol. The zero-order valence-corrected chi connectivity index (χ0v) is 15.1. The first-order valence-electron chi connectivity index (χ1n) is 8.04. The van der Waals surface area contributed by atoms with Gasteiger partial charge in [0.05, 0.1) is 10.7 Å². The van der Waals surface area contributed by atoms with Gasteiger partial charge in [0.15, 0.2) is 0 Å². The van der Waals surface area contributed by atoms with Crippen LogP contribution in [-0.2, 0) is 0 Å². The quantitative estimate of drug-likeness (QED) is 0.494. The zero-order chi connectivity index (χ0) is 17.4. The minimum absolute atomic E-state index is 0.535. The lowest BCUT2D eigenvalue weighted by atomic mass is 10.1. The molecule has 0 amide bonds. The number of nitrogens with zero attached hydrogens (tertiary/aromatic N) is 3. The van der Waals surface area contributed by atoms with E-state index in [1.807, 2.05) is 37.3 Å². The maximum atomic E-state index is 5.47. The van der Waals surface area contributed by atoms with E-state index >= 15 is 0 Å². The molecule has 0 saturated heterocycles. The van der Waals surface area contributed by atoms with Crippen LogP contribution in [-0.4, -0.2) is 15.1 Å². The largest absolute Gasteiger partial charge is 0.334 e. The summed E-state index contributed by atoms with van der Waals surface area (Å²) in [6.45, 7) is 6.17. The average Bonchev–Trinajstić information content (AvgIpc) is 3.27. The molecule has 124 valence electrons. The van der Waals surface area contributed by atoms with Crippen molar-refractivity contribution in [2.24, 2.45) is 0 Å². The van der Waals surface area contributed by atoms with Gasteiger partial charge in [-0.1, -0.05) is 29.4 Å². The lowest BCUT2D eigenvalue weighted by Gasteiger charge is -2.01. The molecule has 0 N–H and O–H groups in total. The van der Waals surface area contributed by atoms with E-state index in [1.54, 1.807) is 11.3 Å². The number of benzene rings is 2. The van der Waals surface area contributed by atoms with Crippen molar-refractivity contribution in [3.05, 3.63) is 64.0 Å². The van der Waals surface area contributed by atoms with Gasteiger partial charge in [-0.25, -0.2) is 4.98 Å². The van der Waals surface area contributed by atoms with Crippen LogP contribution in [0, 0.1) is 20.8 Å². The summed E-state index contributed by atoms with van der Waals surface area (Å²) < 4.78 is 5.47. The summed E-state index contributed by atoms with van der Waals surface area (Å²) in [7, 11) is 0. The van der Waals surface area contributed by atoms with Crippen LogP contribution in [0.5, 0.6) is 0 Å². The Morgan fingerprint density at radius 2 is 1.68 bits per heavy atom. The fourth-order valence-corrected chi connectivity index (χ4v) is 3.27. The Kier molecular flexibility index (Phi) is 3.93. The van der Waals surface area contributed by atoms with Crippen molar-refractivity contribution in [2.75, 3.05) is 0 Å². The maximum absolute atomic E-state index is 5.47. The summed E-state index contributed by atoms with van der Waals surface area (Å²) in [5.74, 6) is 1.12. The van der Waals surface area contributed by atoms with E-state index < -0.39 is 0 Å². The van der Waals surface area contributed by atoms with Crippen LogP contribution in [0.15, 0.2) is 52.4 Å². The molecule has 0 atom stereocenters. The lowest BCUT2D eigenvalue weighted by Crippen LogP contribution is -1.85. The van der Waals surface area contributed by atoms with Gasteiger partial charge in [-0.2, -0.15) is 4.98 Å². The van der Waals surface area contributed by atoms with Gasteiger partial charge in [-0.3, -0.25) is 0 Å². The molecule has 4 rings (SSSR count). The van der Waals surface area contributed by atoms with Crippen LogP contribution in [0.1, 0.15) is 16.1 Å². The Bertz CT molecular complexity index is 1050. The molecule has 5 heteroatoms. The van der Waals surface area contributed by atoms with Gasteiger partial charge in [0.25, 0.3) is 5.89 Å². The van der Waals surface area contributed by atoms with Gasteiger partial charge in [0.1, 0.15) is 0 Å². The molecule has 0 aliphatic carbocycles. The molecule has 0 bridgehead atoms. The highest BCUT2D eigenvalue weighted by atomic mass is 32.1. The lowest BCUT2D eigenvalue weighted by molar-refractivity contribution is 0.432. The number of rotatable bonds is 3. The third-order valence-electron chi connectivity index (χ3n) is 4.22. The Labute approximate surface area is 150 Å². The van der Waals surface area contributed by atoms with Crippen LogP contribution in [0.25, 0.3) is 34.1 Å². The van der Waals surface area contributed by atoms with E-state index in [0.29, 0.717) is 11.7 Å². The summed E-state index contributed by atoms with van der Waals surface area (Å²) in [5, 5.41) is 7.26. The molecule has 2 aromatic carbocycles. The number of aromatic nitrogens is 3. The van der Waals surface area contributed by atoms with E-state index in [4.69, 9.17) is 4.52 Å². The fraction of sp³-hybridized carbons (Fsp3) is 0.150. The van der Waals surface area contributed by atoms with Crippen molar-refractivity contribution < 1.29 is 4.52 Å². The Morgan fingerprint density at radius 1 is 0.840 bits per heavy atom. The van der Waals surface area contributed by atoms with Crippen molar-refractivity contribution >= 4 is 11.3 Å². The highest BCUT2D eigenvalue weighted by Crippen LogP contribution is 2.28. The summed E-state index contributed by atoms with van der Waals surface area (Å²) in [5.41, 5.74) is 6.34. The van der Waals surface area contributed by atoms with Crippen molar-refractivity contribution in [3.8, 4) is 34.1 Å². The van der Waals surface area contributed by atoms with Crippen LogP contribution < -0.4 is 0 Å². The summed E-state index contributed by atoms with van der Waals surface area (Å²) in [4.78, 5) is 9.11. The number of hydrogen-bond donors (Lipinski definition) is 0. The molecule has 0 aliphatic heterocycles. The fourth-order valence-electron chi connectivity index (χ4n) is 2.65. The van der Waals surface area contributed by atoms with E-state index in [2.05, 4.69) is 46.5 Å². The maximum Gasteiger partial charge on any atom is 0.258 e. The van der Waals surface area contributed by atoms with E-state index in [-0.39, 0.29) is 0 Å².